The van der Waals surface area contributed by atoms with E-state index in [4.69, 9.17) is 10.5 Å². The van der Waals surface area contributed by atoms with E-state index in [9.17, 15) is 4.79 Å². The number of methoxy groups -OCH3 is 1. The summed E-state index contributed by atoms with van der Waals surface area (Å²) in [5.74, 6) is -0.237. The average molecular weight is 264 g/mol. The van der Waals surface area contributed by atoms with Gasteiger partial charge in [-0.2, -0.15) is 0 Å². The van der Waals surface area contributed by atoms with Crippen LogP contribution in [0.1, 0.15) is 18.9 Å². The van der Waals surface area contributed by atoms with Crippen LogP contribution in [-0.2, 0) is 16.0 Å². The summed E-state index contributed by atoms with van der Waals surface area (Å²) in [6, 6.07) is 5.99. The van der Waals surface area contributed by atoms with Crippen LogP contribution in [0.5, 0.6) is 0 Å². The number of nitrogens with two attached hydrogens (primary N) is 1. The minimum atomic E-state index is -0.151. The number of rotatable bonds is 4. The van der Waals surface area contributed by atoms with E-state index in [0.717, 1.165) is 22.2 Å². The molecular formula is C13H16N2O2S. The number of carbonyl (C=O) groups is 1. The van der Waals surface area contributed by atoms with Gasteiger partial charge in [-0.25, -0.2) is 4.98 Å². The summed E-state index contributed by atoms with van der Waals surface area (Å²) in [6.07, 6.45) is 1.46. The van der Waals surface area contributed by atoms with Gasteiger partial charge in [0.1, 0.15) is 0 Å². The highest BCUT2D eigenvalue weighted by atomic mass is 32.1. The monoisotopic (exact) mass is 264 g/mol. The fraction of sp³-hybridized carbons (Fsp3) is 0.385. The summed E-state index contributed by atoms with van der Waals surface area (Å²) in [5, 5.41) is 0.571. The fourth-order valence-corrected chi connectivity index (χ4v) is 2.76. The van der Waals surface area contributed by atoms with Gasteiger partial charge >= 0.3 is 5.97 Å². The van der Waals surface area contributed by atoms with Crippen molar-refractivity contribution in [1.29, 1.82) is 0 Å². The number of thiazole rings is 1. The molecule has 0 spiro atoms. The van der Waals surface area contributed by atoms with Crippen molar-refractivity contribution in [2.75, 3.05) is 12.8 Å². The lowest BCUT2D eigenvalue weighted by Gasteiger charge is -2.12. The maximum atomic E-state index is 11.6. The Kier molecular flexibility index (Phi) is 3.81. The molecule has 0 aliphatic heterocycles. The van der Waals surface area contributed by atoms with Crippen molar-refractivity contribution < 1.29 is 9.53 Å². The van der Waals surface area contributed by atoms with Gasteiger partial charge in [0.2, 0.25) is 0 Å². The van der Waals surface area contributed by atoms with E-state index in [2.05, 4.69) is 11.1 Å². The standard InChI is InChI=1S/C13H16N2O2S/c1-3-9(12(16)17-2)6-8-4-5-10-11(7-8)18-13(14)15-10/h4-5,7,9H,3,6H2,1-2H3,(H2,14,15). The second-order valence-corrected chi connectivity index (χ2v) is 5.25. The van der Waals surface area contributed by atoms with Crippen molar-refractivity contribution in [3.63, 3.8) is 0 Å². The first-order chi connectivity index (χ1) is 8.63. The first-order valence-corrected chi connectivity index (χ1v) is 6.68. The van der Waals surface area contributed by atoms with Crippen LogP contribution < -0.4 is 5.73 Å². The number of hydrogen-bond donors (Lipinski definition) is 1. The molecule has 4 nitrogen and oxygen atoms in total. The van der Waals surface area contributed by atoms with Crippen molar-refractivity contribution in [2.45, 2.75) is 19.8 Å². The van der Waals surface area contributed by atoms with Crippen molar-refractivity contribution in [3.8, 4) is 0 Å². The largest absolute Gasteiger partial charge is 0.469 e. The maximum Gasteiger partial charge on any atom is 0.308 e. The minimum absolute atomic E-state index is 0.0854. The van der Waals surface area contributed by atoms with Gasteiger partial charge < -0.3 is 10.5 Å². The second-order valence-electron chi connectivity index (χ2n) is 4.19. The molecule has 18 heavy (non-hydrogen) atoms. The van der Waals surface area contributed by atoms with Gasteiger partial charge in [-0.05, 0) is 30.5 Å². The third-order valence-electron chi connectivity index (χ3n) is 2.98. The number of aromatic nitrogens is 1. The number of anilines is 1. The van der Waals surface area contributed by atoms with Crippen LogP contribution in [0, 0.1) is 5.92 Å². The van der Waals surface area contributed by atoms with E-state index in [0.29, 0.717) is 11.6 Å². The molecule has 0 saturated heterocycles. The van der Waals surface area contributed by atoms with Gasteiger partial charge in [-0.1, -0.05) is 24.3 Å². The number of esters is 1. The van der Waals surface area contributed by atoms with Gasteiger partial charge in [0.15, 0.2) is 5.13 Å². The van der Waals surface area contributed by atoms with Crippen LogP contribution >= 0.6 is 11.3 Å². The molecule has 1 aromatic heterocycles. The van der Waals surface area contributed by atoms with E-state index >= 15 is 0 Å². The number of fused-ring (bicyclic) bond motifs is 1. The minimum Gasteiger partial charge on any atom is -0.469 e. The Labute approximate surface area is 110 Å². The van der Waals surface area contributed by atoms with Crippen LogP contribution in [0.15, 0.2) is 18.2 Å². The number of carbonyl (C=O) groups excluding carboxylic acids is 1. The highest BCUT2D eigenvalue weighted by Gasteiger charge is 2.17. The number of nitrogens with zero attached hydrogens (tertiary/aromatic N) is 1. The fourth-order valence-electron chi connectivity index (χ4n) is 1.96. The van der Waals surface area contributed by atoms with E-state index < -0.39 is 0 Å². The van der Waals surface area contributed by atoms with Crippen LogP contribution in [0.2, 0.25) is 0 Å². The lowest BCUT2D eigenvalue weighted by molar-refractivity contribution is -0.145. The van der Waals surface area contributed by atoms with Crippen molar-refractivity contribution in [2.24, 2.45) is 5.92 Å². The maximum absolute atomic E-state index is 11.6. The van der Waals surface area contributed by atoms with Crippen LogP contribution in [0.3, 0.4) is 0 Å². The zero-order valence-corrected chi connectivity index (χ0v) is 11.3. The topological polar surface area (TPSA) is 65.2 Å². The molecule has 0 radical (unpaired) electrons. The number of hydrogen-bond acceptors (Lipinski definition) is 5. The Morgan fingerprint density at radius 2 is 2.33 bits per heavy atom. The van der Waals surface area contributed by atoms with Crippen molar-refractivity contribution in [1.82, 2.24) is 4.98 Å². The Bertz CT molecular complexity index is 565. The van der Waals surface area contributed by atoms with Gasteiger partial charge in [0.25, 0.3) is 0 Å². The molecule has 2 aromatic rings. The van der Waals surface area contributed by atoms with Crippen LogP contribution in [0.25, 0.3) is 10.2 Å². The SMILES string of the molecule is CCC(Cc1ccc2nc(N)sc2c1)C(=O)OC. The number of benzene rings is 1. The van der Waals surface area contributed by atoms with Crippen molar-refractivity contribution >= 4 is 32.7 Å². The van der Waals surface area contributed by atoms with E-state index in [-0.39, 0.29) is 11.9 Å². The van der Waals surface area contributed by atoms with E-state index in [1.54, 1.807) is 0 Å². The molecule has 0 saturated carbocycles. The average Bonchev–Trinajstić information content (AvgIpc) is 2.74. The Morgan fingerprint density at radius 1 is 1.56 bits per heavy atom. The van der Waals surface area contributed by atoms with Crippen LogP contribution in [0.4, 0.5) is 5.13 Å². The molecule has 1 aromatic carbocycles. The molecule has 0 amide bonds. The zero-order chi connectivity index (χ0) is 13.1. The summed E-state index contributed by atoms with van der Waals surface area (Å²) in [7, 11) is 1.43. The lowest BCUT2D eigenvalue weighted by atomic mass is 9.97. The number of nitrogen functional groups attached to an aromatic ring is 1. The summed E-state index contributed by atoms with van der Waals surface area (Å²) in [6.45, 7) is 1.99. The van der Waals surface area contributed by atoms with Gasteiger partial charge in [0.05, 0.1) is 23.2 Å². The Morgan fingerprint density at radius 3 is 3.00 bits per heavy atom. The molecule has 1 unspecified atom stereocenters. The summed E-state index contributed by atoms with van der Waals surface area (Å²) in [4.78, 5) is 15.8. The molecule has 0 aliphatic carbocycles. The predicted molar refractivity (Wildman–Crippen MR) is 73.5 cm³/mol. The quantitative estimate of drug-likeness (QED) is 0.862. The first kappa shape index (κ1) is 12.8. The number of ether oxygens (including phenoxy) is 1. The third-order valence-corrected chi connectivity index (χ3v) is 3.83. The second kappa shape index (κ2) is 5.35. The van der Waals surface area contributed by atoms with E-state index in [1.807, 2.05) is 19.1 Å². The first-order valence-electron chi connectivity index (χ1n) is 5.86. The molecule has 1 atom stereocenters. The Hall–Kier alpha value is -1.62. The summed E-state index contributed by atoms with van der Waals surface area (Å²) in [5.41, 5.74) is 7.69. The van der Waals surface area contributed by atoms with E-state index in [1.165, 1.54) is 18.4 Å². The normalized spacial score (nSPS) is 12.6. The molecule has 2 N–H and O–H groups in total. The molecule has 0 fully saturated rings. The lowest BCUT2D eigenvalue weighted by Crippen LogP contribution is -2.17. The van der Waals surface area contributed by atoms with Gasteiger partial charge in [-0.3, -0.25) is 4.79 Å². The highest BCUT2D eigenvalue weighted by Crippen LogP contribution is 2.26. The van der Waals surface area contributed by atoms with Crippen LogP contribution in [-0.4, -0.2) is 18.1 Å². The Balaban J connectivity index is 2.22. The summed E-state index contributed by atoms with van der Waals surface area (Å²) >= 11 is 1.47. The zero-order valence-electron chi connectivity index (χ0n) is 10.5. The third kappa shape index (κ3) is 2.61. The molecule has 2 rings (SSSR count). The molecular weight excluding hydrogens is 248 g/mol. The highest BCUT2D eigenvalue weighted by molar-refractivity contribution is 7.22. The van der Waals surface area contributed by atoms with Crippen molar-refractivity contribution in [3.05, 3.63) is 23.8 Å². The predicted octanol–water partition coefficient (Wildman–Crippen LogP) is 2.62. The molecule has 0 aliphatic rings. The van der Waals surface area contributed by atoms with Gasteiger partial charge in [0, 0.05) is 0 Å². The molecule has 96 valence electrons. The molecule has 5 heteroatoms. The smallest absolute Gasteiger partial charge is 0.308 e. The summed E-state index contributed by atoms with van der Waals surface area (Å²) < 4.78 is 5.86. The van der Waals surface area contributed by atoms with Gasteiger partial charge in [-0.15, -0.1) is 0 Å². The molecule has 1 heterocycles. The molecule has 0 bridgehead atoms.